The van der Waals surface area contributed by atoms with E-state index in [1.54, 1.807) is 0 Å². The van der Waals surface area contributed by atoms with E-state index in [-0.39, 0.29) is 18.4 Å². The van der Waals surface area contributed by atoms with Crippen molar-refractivity contribution in [1.29, 1.82) is 0 Å². The molecule has 1 N–H and O–H groups in total. The lowest BCUT2D eigenvalue weighted by Gasteiger charge is -2.24. The van der Waals surface area contributed by atoms with E-state index in [4.69, 9.17) is 0 Å². The summed E-state index contributed by atoms with van der Waals surface area (Å²) in [6, 6.07) is 15.8. The Hall–Kier alpha value is -2.82. The number of nitrogens with one attached hydrogen (secondary N) is 1. The molecule has 0 heterocycles. The summed E-state index contributed by atoms with van der Waals surface area (Å²) in [6.45, 7) is 10.0. The minimum absolute atomic E-state index is 0.00572. The Morgan fingerprint density at radius 1 is 0.963 bits per heavy atom. The molecule has 5 nitrogen and oxygen atoms in total. The van der Waals surface area contributed by atoms with Gasteiger partial charge in [-0.2, -0.15) is 0 Å². The van der Waals surface area contributed by atoms with Crippen LogP contribution in [0, 0.1) is 6.92 Å². The fraction of sp³-hybridized carbons (Fsp3) is 0.364. The van der Waals surface area contributed by atoms with Crippen LogP contribution in [0.25, 0.3) is 0 Å². The van der Waals surface area contributed by atoms with E-state index < -0.39 is 0 Å². The third-order valence-corrected chi connectivity index (χ3v) is 4.54. The Balaban J connectivity index is 2.02. The van der Waals surface area contributed by atoms with E-state index in [1.165, 1.54) is 11.8 Å². The number of amides is 2. The Morgan fingerprint density at radius 2 is 1.59 bits per heavy atom. The molecule has 27 heavy (non-hydrogen) atoms. The highest BCUT2D eigenvalue weighted by Crippen LogP contribution is 2.21. The van der Waals surface area contributed by atoms with Gasteiger partial charge in [-0.1, -0.05) is 29.8 Å². The molecule has 2 aromatic rings. The van der Waals surface area contributed by atoms with Crippen LogP contribution < -0.4 is 15.1 Å². The predicted octanol–water partition coefficient (Wildman–Crippen LogP) is 3.51. The van der Waals surface area contributed by atoms with E-state index in [0.29, 0.717) is 6.54 Å². The minimum atomic E-state index is -0.181. The highest BCUT2D eigenvalue weighted by Gasteiger charge is 2.16. The number of anilines is 2. The third kappa shape index (κ3) is 5.84. The molecule has 0 atom stereocenters. The van der Waals surface area contributed by atoms with E-state index in [1.807, 2.05) is 55.5 Å². The third-order valence-electron chi connectivity index (χ3n) is 4.54. The van der Waals surface area contributed by atoms with E-state index >= 15 is 0 Å². The molecule has 2 rings (SSSR count). The normalized spacial score (nSPS) is 10.4. The zero-order valence-electron chi connectivity index (χ0n) is 16.7. The lowest BCUT2D eigenvalue weighted by molar-refractivity contribution is -0.123. The quantitative estimate of drug-likeness (QED) is 0.777. The van der Waals surface area contributed by atoms with Crippen molar-refractivity contribution in [1.82, 2.24) is 5.32 Å². The summed E-state index contributed by atoms with van der Waals surface area (Å²) in [5.41, 5.74) is 4.03. The first-order valence-electron chi connectivity index (χ1n) is 9.40. The van der Waals surface area contributed by atoms with Crippen molar-refractivity contribution in [2.45, 2.75) is 34.2 Å². The summed E-state index contributed by atoms with van der Waals surface area (Å²) in [4.78, 5) is 28.1. The van der Waals surface area contributed by atoms with Gasteiger partial charge in [0.15, 0.2) is 0 Å². The molecule has 0 saturated carbocycles. The van der Waals surface area contributed by atoms with Crippen molar-refractivity contribution in [3.8, 4) is 0 Å². The van der Waals surface area contributed by atoms with Gasteiger partial charge in [0.05, 0.1) is 0 Å². The lowest BCUT2D eigenvalue weighted by Crippen LogP contribution is -2.39. The molecule has 0 saturated heterocycles. The van der Waals surface area contributed by atoms with Crippen LogP contribution in [0.5, 0.6) is 0 Å². The topological polar surface area (TPSA) is 52.6 Å². The van der Waals surface area contributed by atoms with Crippen LogP contribution in [0.1, 0.15) is 31.9 Å². The van der Waals surface area contributed by atoms with Crippen LogP contribution in [0.15, 0.2) is 48.5 Å². The molecule has 0 unspecified atom stereocenters. The summed E-state index contributed by atoms with van der Waals surface area (Å²) >= 11 is 0. The molecular weight excluding hydrogens is 338 g/mol. The number of carbonyl (C=O) groups is 2. The van der Waals surface area contributed by atoms with Gasteiger partial charge in [-0.15, -0.1) is 0 Å². The van der Waals surface area contributed by atoms with Crippen LogP contribution in [0.4, 0.5) is 11.4 Å². The van der Waals surface area contributed by atoms with Gasteiger partial charge in [-0.25, -0.2) is 0 Å². The first-order valence-corrected chi connectivity index (χ1v) is 9.40. The molecule has 2 amide bonds. The summed E-state index contributed by atoms with van der Waals surface area (Å²) in [5, 5.41) is 2.89. The van der Waals surface area contributed by atoms with Crippen molar-refractivity contribution in [3.05, 3.63) is 59.7 Å². The molecular formula is C22H29N3O2. The van der Waals surface area contributed by atoms with Crippen molar-refractivity contribution in [3.63, 3.8) is 0 Å². The molecule has 0 aliphatic carbocycles. The average Bonchev–Trinajstić information content (AvgIpc) is 2.66. The van der Waals surface area contributed by atoms with E-state index in [2.05, 4.69) is 24.1 Å². The van der Waals surface area contributed by atoms with Gasteiger partial charge >= 0.3 is 0 Å². The average molecular weight is 367 g/mol. The van der Waals surface area contributed by atoms with Gasteiger partial charge in [-0.05, 0) is 50.6 Å². The molecule has 0 aromatic heterocycles. The Kier molecular flexibility index (Phi) is 7.41. The number of rotatable bonds is 8. The first-order chi connectivity index (χ1) is 12.9. The van der Waals surface area contributed by atoms with Gasteiger partial charge in [0.25, 0.3) is 0 Å². The van der Waals surface area contributed by atoms with E-state index in [0.717, 1.165) is 35.6 Å². The van der Waals surface area contributed by atoms with Crippen LogP contribution in [-0.4, -0.2) is 31.4 Å². The maximum atomic E-state index is 12.3. The Bertz CT molecular complexity index is 767. The second-order valence-corrected chi connectivity index (χ2v) is 6.56. The van der Waals surface area contributed by atoms with Crippen molar-refractivity contribution >= 4 is 23.2 Å². The minimum Gasteiger partial charge on any atom is -0.372 e. The van der Waals surface area contributed by atoms with Crippen molar-refractivity contribution in [2.24, 2.45) is 0 Å². The highest BCUT2D eigenvalue weighted by atomic mass is 16.2. The largest absolute Gasteiger partial charge is 0.372 e. The Labute approximate surface area is 162 Å². The monoisotopic (exact) mass is 367 g/mol. The molecule has 5 heteroatoms. The molecule has 0 bridgehead atoms. The molecule has 0 aliphatic heterocycles. The predicted molar refractivity (Wildman–Crippen MR) is 111 cm³/mol. The number of hydrogen-bond acceptors (Lipinski definition) is 3. The second kappa shape index (κ2) is 9.76. The molecule has 0 fully saturated rings. The van der Waals surface area contributed by atoms with Gasteiger partial charge in [0.2, 0.25) is 11.8 Å². The van der Waals surface area contributed by atoms with Crippen molar-refractivity contribution in [2.75, 3.05) is 29.4 Å². The molecule has 0 aliphatic rings. The zero-order chi connectivity index (χ0) is 19.8. The van der Waals surface area contributed by atoms with Crippen LogP contribution >= 0.6 is 0 Å². The number of nitrogens with zero attached hydrogens (tertiary/aromatic N) is 2. The second-order valence-electron chi connectivity index (χ2n) is 6.56. The van der Waals surface area contributed by atoms with Gasteiger partial charge < -0.3 is 15.1 Å². The Morgan fingerprint density at radius 3 is 2.15 bits per heavy atom. The van der Waals surface area contributed by atoms with Crippen LogP contribution in [-0.2, 0) is 16.1 Å². The van der Waals surface area contributed by atoms with Crippen molar-refractivity contribution < 1.29 is 9.59 Å². The summed E-state index contributed by atoms with van der Waals surface area (Å²) < 4.78 is 0. The number of carbonyl (C=O) groups excluding carboxylic acids is 2. The molecule has 0 radical (unpaired) electrons. The van der Waals surface area contributed by atoms with Gasteiger partial charge in [0.1, 0.15) is 6.54 Å². The smallest absolute Gasteiger partial charge is 0.240 e. The fourth-order valence-electron chi connectivity index (χ4n) is 3.04. The van der Waals surface area contributed by atoms with E-state index in [9.17, 15) is 9.59 Å². The maximum Gasteiger partial charge on any atom is 0.240 e. The number of hydrogen-bond donors (Lipinski definition) is 1. The van der Waals surface area contributed by atoms with Crippen LogP contribution in [0.3, 0.4) is 0 Å². The van der Waals surface area contributed by atoms with Gasteiger partial charge in [-0.3, -0.25) is 9.59 Å². The molecule has 2 aromatic carbocycles. The lowest BCUT2D eigenvalue weighted by atomic mass is 10.1. The fourth-order valence-corrected chi connectivity index (χ4v) is 3.04. The van der Waals surface area contributed by atoms with Crippen LogP contribution in [0.2, 0.25) is 0 Å². The zero-order valence-corrected chi connectivity index (χ0v) is 16.7. The SMILES string of the molecule is CCN(CC)c1ccc(N(CC(=O)NCc2cccc(C)c2)C(C)=O)cc1. The van der Waals surface area contributed by atoms with Gasteiger partial charge in [0, 0.05) is 37.9 Å². The first kappa shape index (κ1) is 20.5. The highest BCUT2D eigenvalue weighted by molar-refractivity contribution is 5.97. The molecule has 0 spiro atoms. The summed E-state index contributed by atoms with van der Waals surface area (Å²) in [7, 11) is 0. The number of benzene rings is 2. The maximum absolute atomic E-state index is 12.3. The summed E-state index contributed by atoms with van der Waals surface area (Å²) in [6.07, 6.45) is 0. The molecule has 144 valence electrons. The summed E-state index contributed by atoms with van der Waals surface area (Å²) in [5.74, 6) is -0.337. The number of aryl methyl sites for hydroxylation is 1. The standard InChI is InChI=1S/C22H29N3O2/c1-5-24(6-2)20-10-12-21(13-11-20)25(18(4)26)16-22(27)23-15-19-9-7-8-17(3)14-19/h7-14H,5-6,15-16H2,1-4H3,(H,23,27).